The fraction of sp³-hybridized carbons (Fsp3) is 1.00. The molecule has 3 radical (unpaired) electrons. The first kappa shape index (κ1) is 7.18. The summed E-state index contributed by atoms with van der Waals surface area (Å²) in [5.41, 5.74) is 0. The highest BCUT2D eigenvalue weighted by Gasteiger charge is 1.79. The number of hydrogen-bond acceptors (Lipinski definition) is 1. The van der Waals surface area contributed by atoms with Crippen LogP contribution in [0.1, 0.15) is 26.2 Å². The Morgan fingerprint density at radius 3 is 2.57 bits per heavy atom. The van der Waals surface area contributed by atoms with Crippen LogP contribution in [0.3, 0.4) is 0 Å². The molecule has 0 aromatic carbocycles. The smallest absolute Gasteiger partial charge is 0.140 e. The summed E-state index contributed by atoms with van der Waals surface area (Å²) in [6.45, 7) is 3.29. The summed E-state index contributed by atoms with van der Waals surface area (Å²) < 4.78 is 0. The monoisotopic (exact) mass is 114 g/mol. The van der Waals surface area contributed by atoms with Gasteiger partial charge in [0.1, 0.15) is 10.4 Å². The number of rotatable bonds is 4. The lowest BCUT2D eigenvalue weighted by Crippen LogP contribution is -2.08. The first-order valence-corrected chi connectivity index (χ1v) is 3.31. The normalized spacial score (nSPS) is 9.43. The van der Waals surface area contributed by atoms with Crippen LogP contribution in [0.5, 0.6) is 0 Å². The van der Waals surface area contributed by atoms with Crippen molar-refractivity contribution in [3.05, 3.63) is 0 Å². The van der Waals surface area contributed by atoms with Crippen molar-refractivity contribution in [2.75, 3.05) is 6.54 Å². The second kappa shape index (κ2) is 6.18. The minimum absolute atomic E-state index is 1.09. The molecule has 0 aliphatic rings. The van der Waals surface area contributed by atoms with Gasteiger partial charge in [0, 0.05) is 0 Å². The molecule has 0 saturated carbocycles. The molecule has 0 spiro atoms. The molecule has 0 unspecified atom stereocenters. The third kappa shape index (κ3) is 6.18. The van der Waals surface area contributed by atoms with Crippen LogP contribution in [0.15, 0.2) is 0 Å². The molecule has 0 bridgehead atoms. The minimum atomic E-state index is 1.09. The number of nitrogens with one attached hydrogen (secondary N) is 1. The fourth-order valence-corrected chi connectivity index (χ4v) is 0.640. The van der Waals surface area contributed by atoms with Crippen molar-refractivity contribution in [1.82, 2.24) is 4.98 Å². The van der Waals surface area contributed by atoms with E-state index in [4.69, 9.17) is 0 Å². The molecule has 0 heterocycles. The van der Waals surface area contributed by atoms with Crippen LogP contribution in [0.25, 0.3) is 0 Å². The Bertz CT molecular complexity index is 27.3. The first-order chi connectivity index (χ1) is 3.41. The lowest BCUT2D eigenvalue weighted by Gasteiger charge is -1.93. The van der Waals surface area contributed by atoms with E-state index in [0.717, 1.165) is 6.54 Å². The zero-order valence-corrected chi connectivity index (χ0v) is 5.83. The van der Waals surface area contributed by atoms with Gasteiger partial charge in [0.2, 0.25) is 0 Å². The van der Waals surface area contributed by atoms with E-state index in [1.54, 1.807) is 0 Å². The lowest BCUT2D eigenvalue weighted by molar-refractivity contribution is 0.705. The average Bonchev–Trinajstić information content (AvgIpc) is 1.69. The summed E-state index contributed by atoms with van der Waals surface area (Å²) in [5, 5.41) is 0. The molecule has 0 atom stereocenters. The SMILES string of the molecule is CCCCCN[Si]. The van der Waals surface area contributed by atoms with Gasteiger partial charge in [0.15, 0.2) is 0 Å². The van der Waals surface area contributed by atoms with Crippen molar-refractivity contribution >= 4 is 10.4 Å². The van der Waals surface area contributed by atoms with E-state index >= 15 is 0 Å². The molecule has 0 amide bonds. The van der Waals surface area contributed by atoms with Crippen molar-refractivity contribution in [3.63, 3.8) is 0 Å². The molecule has 2 heteroatoms. The highest BCUT2D eigenvalue weighted by Crippen LogP contribution is 1.89. The Morgan fingerprint density at radius 1 is 1.43 bits per heavy atom. The van der Waals surface area contributed by atoms with Crippen molar-refractivity contribution in [2.24, 2.45) is 0 Å². The van der Waals surface area contributed by atoms with E-state index < -0.39 is 0 Å². The quantitative estimate of drug-likeness (QED) is 0.422. The molecule has 0 aromatic rings. The van der Waals surface area contributed by atoms with Crippen LogP contribution >= 0.6 is 0 Å². The Morgan fingerprint density at radius 2 is 2.14 bits per heavy atom. The largest absolute Gasteiger partial charge is 0.341 e. The van der Waals surface area contributed by atoms with Gasteiger partial charge in [-0.3, -0.25) is 0 Å². The van der Waals surface area contributed by atoms with Crippen LogP contribution < -0.4 is 4.98 Å². The van der Waals surface area contributed by atoms with Gasteiger partial charge in [-0.05, 0) is 13.0 Å². The molecule has 1 N–H and O–H groups in total. The van der Waals surface area contributed by atoms with Crippen molar-refractivity contribution in [2.45, 2.75) is 26.2 Å². The third-order valence-electron chi connectivity index (χ3n) is 0.905. The van der Waals surface area contributed by atoms with Crippen molar-refractivity contribution in [3.8, 4) is 0 Å². The maximum absolute atomic E-state index is 3.17. The number of unbranched alkanes of at least 4 members (excludes halogenated alkanes) is 2. The van der Waals surface area contributed by atoms with Crippen molar-refractivity contribution in [1.29, 1.82) is 0 Å². The van der Waals surface area contributed by atoms with Crippen LogP contribution in [-0.2, 0) is 0 Å². The molecule has 7 heavy (non-hydrogen) atoms. The molecule has 1 nitrogen and oxygen atoms in total. The fourth-order valence-electron chi connectivity index (χ4n) is 0.463. The van der Waals surface area contributed by atoms with Crippen LogP contribution in [0.4, 0.5) is 0 Å². The molecule has 0 saturated heterocycles. The Balaban J connectivity index is 2.45. The summed E-state index contributed by atoms with van der Waals surface area (Å²) in [4.78, 5) is 2.91. The highest BCUT2D eigenvalue weighted by molar-refractivity contribution is 6.04. The van der Waals surface area contributed by atoms with E-state index in [1.165, 1.54) is 19.3 Å². The first-order valence-electron chi connectivity index (χ1n) is 2.81. The van der Waals surface area contributed by atoms with Crippen LogP contribution in [0.2, 0.25) is 0 Å². The second-order valence-electron chi connectivity index (χ2n) is 1.63. The minimum Gasteiger partial charge on any atom is -0.341 e. The maximum Gasteiger partial charge on any atom is 0.140 e. The zero-order valence-electron chi connectivity index (χ0n) is 4.83. The average molecular weight is 114 g/mol. The molecular weight excluding hydrogens is 102 g/mol. The standard InChI is InChI=1S/C5H12NSi/c1-2-3-4-5-6-7/h6H,2-5H2,1H3. The van der Waals surface area contributed by atoms with Gasteiger partial charge in [-0.25, -0.2) is 0 Å². The second-order valence-corrected chi connectivity index (χ2v) is 1.99. The van der Waals surface area contributed by atoms with Gasteiger partial charge in [-0.15, -0.1) is 0 Å². The predicted octanol–water partition coefficient (Wildman–Crippen LogP) is 0.850. The van der Waals surface area contributed by atoms with E-state index in [0.29, 0.717) is 0 Å². The van der Waals surface area contributed by atoms with Crippen molar-refractivity contribution < 1.29 is 0 Å². The Hall–Kier alpha value is 0.177. The highest BCUT2D eigenvalue weighted by atomic mass is 28.2. The Kier molecular flexibility index (Phi) is 6.33. The lowest BCUT2D eigenvalue weighted by atomic mass is 10.3. The molecule has 41 valence electrons. The summed E-state index contributed by atoms with van der Waals surface area (Å²) in [7, 11) is 3.17. The molecule has 0 aromatic heterocycles. The van der Waals surface area contributed by atoms with Gasteiger partial charge in [0.25, 0.3) is 0 Å². The van der Waals surface area contributed by atoms with E-state index in [9.17, 15) is 0 Å². The van der Waals surface area contributed by atoms with Crippen LogP contribution in [-0.4, -0.2) is 16.9 Å². The summed E-state index contributed by atoms with van der Waals surface area (Å²) in [5.74, 6) is 0. The maximum atomic E-state index is 3.17. The summed E-state index contributed by atoms with van der Waals surface area (Å²) in [6.07, 6.45) is 3.91. The van der Waals surface area contributed by atoms with Crippen LogP contribution in [0, 0.1) is 0 Å². The van der Waals surface area contributed by atoms with E-state index in [2.05, 4.69) is 22.3 Å². The molecule has 0 aliphatic heterocycles. The topological polar surface area (TPSA) is 12.0 Å². The molecule has 0 rings (SSSR count). The van der Waals surface area contributed by atoms with E-state index in [1.807, 2.05) is 0 Å². The van der Waals surface area contributed by atoms with Gasteiger partial charge in [-0.2, -0.15) is 0 Å². The molecule has 0 aliphatic carbocycles. The predicted molar refractivity (Wildman–Crippen MR) is 33.3 cm³/mol. The van der Waals surface area contributed by atoms with Gasteiger partial charge >= 0.3 is 0 Å². The third-order valence-corrected chi connectivity index (χ3v) is 1.16. The van der Waals surface area contributed by atoms with Gasteiger partial charge in [0.05, 0.1) is 0 Å². The zero-order chi connectivity index (χ0) is 5.54. The summed E-state index contributed by atoms with van der Waals surface area (Å²) in [6, 6.07) is 0. The summed E-state index contributed by atoms with van der Waals surface area (Å²) >= 11 is 0. The van der Waals surface area contributed by atoms with Gasteiger partial charge < -0.3 is 4.98 Å². The Labute approximate surface area is 49.0 Å². The number of hydrogen-bond donors (Lipinski definition) is 1. The van der Waals surface area contributed by atoms with E-state index in [-0.39, 0.29) is 0 Å². The van der Waals surface area contributed by atoms with Gasteiger partial charge in [-0.1, -0.05) is 19.8 Å². The molecule has 0 fully saturated rings. The molecular formula is C5H12NSi.